The lowest BCUT2D eigenvalue weighted by Gasteiger charge is -2.33. The largest absolute Gasteiger partial charge is 0.338 e. The van der Waals surface area contributed by atoms with Crippen molar-refractivity contribution in [3.63, 3.8) is 0 Å². The van der Waals surface area contributed by atoms with E-state index in [1.807, 2.05) is 30.0 Å². The van der Waals surface area contributed by atoms with Crippen molar-refractivity contribution >= 4 is 17.6 Å². The molecule has 1 aliphatic heterocycles. The van der Waals surface area contributed by atoms with E-state index < -0.39 is 5.82 Å². The van der Waals surface area contributed by atoms with E-state index in [0.717, 1.165) is 24.9 Å². The summed E-state index contributed by atoms with van der Waals surface area (Å²) in [4.78, 5) is 26.4. The molecule has 2 aromatic carbocycles. The van der Waals surface area contributed by atoms with E-state index >= 15 is 0 Å². The van der Waals surface area contributed by atoms with Crippen molar-refractivity contribution in [3.8, 4) is 0 Å². The van der Waals surface area contributed by atoms with E-state index in [9.17, 15) is 14.0 Å². The normalized spacial score (nSPS) is 16.7. The molecule has 5 nitrogen and oxygen atoms in total. The van der Waals surface area contributed by atoms with Crippen LogP contribution in [0.5, 0.6) is 0 Å². The number of para-hydroxylation sites is 1. The second-order valence-electron chi connectivity index (χ2n) is 6.68. The summed E-state index contributed by atoms with van der Waals surface area (Å²) >= 11 is 0. The quantitative estimate of drug-likeness (QED) is 0.856. The molecule has 1 heterocycles. The molecule has 1 atom stereocenters. The zero-order chi connectivity index (χ0) is 19.2. The second-order valence-corrected chi connectivity index (χ2v) is 6.68. The molecular formula is C21H24FN3O2. The number of anilines is 1. The Hall–Kier alpha value is -2.89. The number of piperidine rings is 1. The zero-order valence-electron chi connectivity index (χ0n) is 15.4. The van der Waals surface area contributed by atoms with Gasteiger partial charge in [-0.3, -0.25) is 4.79 Å². The van der Waals surface area contributed by atoms with E-state index in [1.54, 1.807) is 18.2 Å². The summed E-state index contributed by atoms with van der Waals surface area (Å²) in [5.74, 6) is -0.632. The third kappa shape index (κ3) is 4.64. The minimum absolute atomic E-state index is 0.0457. The Morgan fingerprint density at radius 1 is 1.19 bits per heavy atom. The monoisotopic (exact) mass is 369 g/mol. The van der Waals surface area contributed by atoms with Crippen LogP contribution in [0.4, 0.5) is 14.9 Å². The van der Waals surface area contributed by atoms with Gasteiger partial charge in [0.25, 0.3) is 5.91 Å². The predicted molar refractivity (Wildman–Crippen MR) is 103 cm³/mol. The second kappa shape index (κ2) is 8.66. The van der Waals surface area contributed by atoms with Gasteiger partial charge in [0.2, 0.25) is 0 Å². The van der Waals surface area contributed by atoms with Gasteiger partial charge in [-0.25, -0.2) is 9.18 Å². The Morgan fingerprint density at radius 3 is 2.78 bits per heavy atom. The number of nitrogens with zero attached hydrogens (tertiary/aromatic N) is 1. The van der Waals surface area contributed by atoms with Crippen LogP contribution in [0.1, 0.15) is 41.6 Å². The number of urea groups is 1. The van der Waals surface area contributed by atoms with Crippen LogP contribution in [-0.2, 0) is 0 Å². The Labute approximate surface area is 158 Å². The Bertz CT molecular complexity index is 825. The van der Waals surface area contributed by atoms with Crippen molar-refractivity contribution in [1.82, 2.24) is 10.2 Å². The van der Waals surface area contributed by atoms with Gasteiger partial charge in [-0.05, 0) is 49.6 Å². The van der Waals surface area contributed by atoms with E-state index in [2.05, 4.69) is 10.6 Å². The molecule has 0 radical (unpaired) electrons. The molecule has 6 heteroatoms. The van der Waals surface area contributed by atoms with Crippen molar-refractivity contribution in [2.75, 3.05) is 25.0 Å². The van der Waals surface area contributed by atoms with Gasteiger partial charge in [-0.2, -0.15) is 0 Å². The van der Waals surface area contributed by atoms with Crippen LogP contribution in [0.2, 0.25) is 0 Å². The zero-order valence-corrected chi connectivity index (χ0v) is 15.4. The Morgan fingerprint density at radius 2 is 2.00 bits per heavy atom. The summed E-state index contributed by atoms with van der Waals surface area (Å²) in [6.07, 6.45) is 1.89. The number of carbonyl (C=O) groups excluding carboxylic acids is 2. The lowest BCUT2D eigenvalue weighted by atomic mass is 9.89. The summed E-state index contributed by atoms with van der Waals surface area (Å²) in [7, 11) is 0. The summed E-state index contributed by atoms with van der Waals surface area (Å²) in [6.45, 7) is 3.88. The average Bonchev–Trinajstić information content (AvgIpc) is 2.70. The van der Waals surface area contributed by atoms with Gasteiger partial charge < -0.3 is 15.5 Å². The van der Waals surface area contributed by atoms with Crippen LogP contribution in [0, 0.1) is 5.82 Å². The Kier molecular flexibility index (Phi) is 6.06. The number of hydrogen-bond donors (Lipinski definition) is 2. The van der Waals surface area contributed by atoms with E-state index in [-0.39, 0.29) is 23.5 Å². The Balaban J connectivity index is 1.72. The fourth-order valence-electron chi connectivity index (χ4n) is 3.39. The molecule has 0 saturated carbocycles. The number of nitrogens with one attached hydrogen (secondary N) is 2. The molecule has 1 fully saturated rings. The lowest BCUT2D eigenvalue weighted by molar-refractivity contribution is 0.102. The highest BCUT2D eigenvalue weighted by molar-refractivity contribution is 6.04. The number of rotatable bonds is 4. The fourth-order valence-corrected chi connectivity index (χ4v) is 3.39. The fraction of sp³-hybridized carbons (Fsp3) is 0.333. The molecule has 3 amide bonds. The molecule has 0 aliphatic carbocycles. The lowest BCUT2D eigenvalue weighted by Crippen LogP contribution is -2.44. The molecule has 3 rings (SSSR count). The molecule has 27 heavy (non-hydrogen) atoms. The first-order chi connectivity index (χ1) is 13.1. The maximum atomic E-state index is 13.8. The van der Waals surface area contributed by atoms with E-state index in [1.165, 1.54) is 12.1 Å². The van der Waals surface area contributed by atoms with Crippen molar-refractivity contribution in [1.29, 1.82) is 0 Å². The number of amides is 3. The summed E-state index contributed by atoms with van der Waals surface area (Å²) in [5, 5.41) is 5.45. The molecule has 1 unspecified atom stereocenters. The minimum Gasteiger partial charge on any atom is -0.338 e. The first kappa shape index (κ1) is 18.9. The van der Waals surface area contributed by atoms with Crippen LogP contribution in [0.3, 0.4) is 0 Å². The number of likely N-dealkylation sites (tertiary alicyclic amines) is 1. The molecule has 2 N–H and O–H groups in total. The molecule has 1 aliphatic rings. The highest BCUT2D eigenvalue weighted by Gasteiger charge is 2.25. The van der Waals surface area contributed by atoms with Gasteiger partial charge in [0.15, 0.2) is 0 Å². The third-order valence-electron chi connectivity index (χ3n) is 4.78. The number of carbonyl (C=O) groups is 2. The standard InChI is InChI=1S/C21H24FN3O2/c1-2-23-21(27)25-12-6-9-17(14-25)15-7-5-8-16(13-15)20(26)24-19-11-4-3-10-18(19)22/h3-5,7-8,10-11,13,17H,2,6,9,12,14H2,1H3,(H,23,27)(H,24,26). The van der Waals surface area contributed by atoms with E-state index in [0.29, 0.717) is 18.7 Å². The van der Waals surface area contributed by atoms with Crippen LogP contribution in [-0.4, -0.2) is 36.5 Å². The van der Waals surface area contributed by atoms with Crippen LogP contribution < -0.4 is 10.6 Å². The summed E-state index contributed by atoms with van der Waals surface area (Å²) < 4.78 is 13.8. The highest BCUT2D eigenvalue weighted by Crippen LogP contribution is 2.28. The van der Waals surface area contributed by atoms with Crippen LogP contribution >= 0.6 is 0 Å². The number of benzene rings is 2. The summed E-state index contributed by atoms with van der Waals surface area (Å²) in [6, 6.07) is 13.4. The van der Waals surface area contributed by atoms with Crippen molar-refractivity contribution in [2.45, 2.75) is 25.7 Å². The van der Waals surface area contributed by atoms with Gasteiger partial charge in [0.05, 0.1) is 5.69 Å². The maximum Gasteiger partial charge on any atom is 0.317 e. The predicted octanol–water partition coefficient (Wildman–Crippen LogP) is 3.99. The van der Waals surface area contributed by atoms with Crippen molar-refractivity contribution in [2.24, 2.45) is 0 Å². The van der Waals surface area contributed by atoms with Crippen molar-refractivity contribution in [3.05, 3.63) is 65.5 Å². The molecule has 1 saturated heterocycles. The first-order valence-electron chi connectivity index (χ1n) is 9.27. The molecule has 0 aromatic heterocycles. The molecule has 142 valence electrons. The van der Waals surface area contributed by atoms with Gasteiger partial charge in [-0.1, -0.05) is 24.3 Å². The van der Waals surface area contributed by atoms with Gasteiger partial charge in [-0.15, -0.1) is 0 Å². The molecule has 0 spiro atoms. The highest BCUT2D eigenvalue weighted by atomic mass is 19.1. The topological polar surface area (TPSA) is 61.4 Å². The number of halogens is 1. The van der Waals surface area contributed by atoms with E-state index in [4.69, 9.17) is 0 Å². The third-order valence-corrected chi connectivity index (χ3v) is 4.78. The first-order valence-corrected chi connectivity index (χ1v) is 9.27. The van der Waals surface area contributed by atoms with Crippen LogP contribution in [0.25, 0.3) is 0 Å². The molecular weight excluding hydrogens is 345 g/mol. The minimum atomic E-state index is -0.466. The summed E-state index contributed by atoms with van der Waals surface area (Å²) in [5.41, 5.74) is 1.66. The van der Waals surface area contributed by atoms with Crippen molar-refractivity contribution < 1.29 is 14.0 Å². The smallest absolute Gasteiger partial charge is 0.317 e. The molecule has 0 bridgehead atoms. The van der Waals surface area contributed by atoms with Gasteiger partial charge in [0.1, 0.15) is 5.82 Å². The average molecular weight is 369 g/mol. The van der Waals surface area contributed by atoms with Crippen LogP contribution in [0.15, 0.2) is 48.5 Å². The maximum absolute atomic E-state index is 13.8. The van der Waals surface area contributed by atoms with Gasteiger partial charge in [0, 0.05) is 31.1 Å². The number of hydrogen-bond acceptors (Lipinski definition) is 2. The SMILES string of the molecule is CCNC(=O)N1CCCC(c2cccc(C(=O)Nc3ccccc3F)c2)C1. The van der Waals surface area contributed by atoms with Gasteiger partial charge >= 0.3 is 6.03 Å². The molecule has 2 aromatic rings.